The Morgan fingerprint density at radius 1 is 1.25 bits per heavy atom. The molecule has 3 N–H and O–H groups in total. The molecule has 0 aliphatic carbocycles. The molecule has 7 nitrogen and oxygen atoms in total. The molecule has 0 spiro atoms. The van der Waals surface area contributed by atoms with Gasteiger partial charge in [0.15, 0.2) is 5.17 Å². The number of aliphatic hydroxyl groups is 3. The Balaban J connectivity index is 1.85. The summed E-state index contributed by atoms with van der Waals surface area (Å²) in [7, 11) is 0. The number of carbonyl (C=O) groups excluding carboxylic acids is 1. The third-order valence-corrected chi connectivity index (χ3v) is 6.47. The minimum Gasteiger partial charge on any atom is -0.489 e. The number of hydrogen-bond acceptors (Lipinski definition) is 7. The number of amides is 1. The third kappa shape index (κ3) is 5.44. The molecule has 1 fully saturated rings. The van der Waals surface area contributed by atoms with Crippen molar-refractivity contribution in [1.29, 1.82) is 0 Å². The van der Waals surface area contributed by atoms with E-state index in [0.29, 0.717) is 23.0 Å². The summed E-state index contributed by atoms with van der Waals surface area (Å²) >= 11 is 7.52. The average Bonchev–Trinajstić information content (AvgIpc) is 3.12. The number of anilines is 1. The predicted octanol–water partition coefficient (Wildman–Crippen LogP) is 3.33. The van der Waals surface area contributed by atoms with Crippen molar-refractivity contribution in [3.05, 3.63) is 58.6 Å². The molecule has 0 aromatic heterocycles. The van der Waals surface area contributed by atoms with Gasteiger partial charge in [0.2, 0.25) is 5.91 Å². The number of aliphatic imine (C=N–C) groups is 1. The Morgan fingerprint density at radius 2 is 2.00 bits per heavy atom. The first-order chi connectivity index (χ1) is 15.4. The van der Waals surface area contributed by atoms with Crippen molar-refractivity contribution in [3.63, 3.8) is 0 Å². The van der Waals surface area contributed by atoms with Crippen molar-refractivity contribution in [2.24, 2.45) is 4.99 Å². The second-order valence-electron chi connectivity index (χ2n) is 7.44. The van der Waals surface area contributed by atoms with E-state index in [9.17, 15) is 15.0 Å². The highest BCUT2D eigenvalue weighted by molar-refractivity contribution is 8.16. The molecule has 1 saturated heterocycles. The number of carbonyl (C=O) groups is 1. The average molecular weight is 479 g/mol. The molecule has 2 aromatic carbocycles. The lowest BCUT2D eigenvalue weighted by molar-refractivity contribution is -0.118. The fourth-order valence-corrected chi connectivity index (χ4v) is 4.64. The van der Waals surface area contributed by atoms with Gasteiger partial charge >= 0.3 is 0 Å². The van der Waals surface area contributed by atoms with Gasteiger partial charge in [-0.2, -0.15) is 0 Å². The van der Waals surface area contributed by atoms with Crippen LogP contribution in [0.4, 0.5) is 5.69 Å². The van der Waals surface area contributed by atoms with Crippen LogP contribution in [-0.4, -0.2) is 57.5 Å². The number of thioether (sulfide) groups is 1. The topological polar surface area (TPSA) is 103 Å². The number of rotatable bonds is 9. The van der Waals surface area contributed by atoms with E-state index >= 15 is 0 Å². The van der Waals surface area contributed by atoms with Crippen molar-refractivity contribution in [1.82, 2.24) is 0 Å². The molecule has 32 heavy (non-hydrogen) atoms. The summed E-state index contributed by atoms with van der Waals surface area (Å²) in [6, 6.07) is 12.3. The molecule has 1 aliphatic heterocycles. The van der Waals surface area contributed by atoms with Crippen LogP contribution in [0.2, 0.25) is 5.02 Å². The first-order valence-corrected chi connectivity index (χ1v) is 11.6. The molecule has 9 heteroatoms. The molecular formula is C23H27ClN2O5S. The van der Waals surface area contributed by atoms with Crippen molar-refractivity contribution < 1.29 is 24.9 Å². The van der Waals surface area contributed by atoms with Crippen LogP contribution in [0.1, 0.15) is 30.6 Å². The van der Waals surface area contributed by atoms with Gasteiger partial charge in [-0.3, -0.25) is 14.7 Å². The first kappa shape index (κ1) is 24.5. The molecular weight excluding hydrogens is 452 g/mol. The molecule has 0 radical (unpaired) electrons. The summed E-state index contributed by atoms with van der Waals surface area (Å²) in [4.78, 5) is 19.5. The summed E-state index contributed by atoms with van der Waals surface area (Å²) in [5, 5.41) is 29.4. The minimum atomic E-state index is -1.11. The standard InChI is InChI=1S/C23H27ClN2O5S/c1-3-10-25-23-26(18-7-5-4-6-14(18)2)22(30)21(32-23)20(29)15-8-9-19(17(24)11-15)31-13-16(28)12-27/h4-9,11,16,20-21,27-29H,3,10,12-13H2,1-2H3. The predicted molar refractivity (Wildman–Crippen MR) is 128 cm³/mol. The van der Waals surface area contributed by atoms with Crippen LogP contribution in [0, 0.1) is 6.92 Å². The first-order valence-electron chi connectivity index (χ1n) is 10.4. The molecule has 3 rings (SSSR count). The number of amidine groups is 1. The molecule has 1 aliphatic rings. The normalized spacial score (nSPS) is 19.4. The van der Waals surface area contributed by atoms with E-state index in [1.54, 1.807) is 23.1 Å². The van der Waals surface area contributed by atoms with Crippen molar-refractivity contribution in [2.45, 2.75) is 37.7 Å². The van der Waals surface area contributed by atoms with E-state index in [4.69, 9.17) is 21.4 Å². The highest BCUT2D eigenvalue weighted by atomic mass is 35.5. The number of halogens is 1. The second kappa shape index (κ2) is 11.2. The lowest BCUT2D eigenvalue weighted by Crippen LogP contribution is -2.34. The van der Waals surface area contributed by atoms with E-state index in [1.807, 2.05) is 38.1 Å². The zero-order valence-corrected chi connectivity index (χ0v) is 19.5. The minimum absolute atomic E-state index is 0.113. The summed E-state index contributed by atoms with van der Waals surface area (Å²) < 4.78 is 5.40. The van der Waals surface area contributed by atoms with Crippen LogP contribution in [0.25, 0.3) is 0 Å². The number of aliphatic hydroxyl groups excluding tert-OH is 3. The number of ether oxygens (including phenoxy) is 1. The largest absolute Gasteiger partial charge is 0.489 e. The van der Waals surface area contributed by atoms with Gasteiger partial charge in [0.05, 0.1) is 17.3 Å². The number of benzene rings is 2. The van der Waals surface area contributed by atoms with Gasteiger partial charge in [-0.05, 0) is 42.7 Å². The van der Waals surface area contributed by atoms with E-state index in [2.05, 4.69) is 4.99 Å². The van der Waals surface area contributed by atoms with E-state index < -0.39 is 24.1 Å². The Hall–Kier alpha value is -2.10. The molecule has 0 bridgehead atoms. The molecule has 3 atom stereocenters. The van der Waals surface area contributed by atoms with Gasteiger partial charge in [0, 0.05) is 6.54 Å². The zero-order chi connectivity index (χ0) is 23.3. The monoisotopic (exact) mass is 478 g/mol. The summed E-state index contributed by atoms with van der Waals surface area (Å²) in [5.41, 5.74) is 2.16. The van der Waals surface area contributed by atoms with Gasteiger partial charge in [0.1, 0.15) is 29.8 Å². The Labute approximate surface area is 196 Å². The molecule has 2 aromatic rings. The van der Waals surface area contributed by atoms with Gasteiger partial charge in [-0.25, -0.2) is 0 Å². The zero-order valence-electron chi connectivity index (χ0n) is 17.9. The van der Waals surface area contributed by atoms with Crippen LogP contribution in [0.15, 0.2) is 47.5 Å². The third-order valence-electron chi connectivity index (χ3n) is 4.94. The van der Waals surface area contributed by atoms with Crippen LogP contribution in [-0.2, 0) is 4.79 Å². The fourth-order valence-electron chi connectivity index (χ4n) is 3.22. The summed E-state index contributed by atoms with van der Waals surface area (Å²) in [6.45, 7) is 3.99. The molecule has 172 valence electrons. The van der Waals surface area contributed by atoms with Crippen molar-refractivity contribution >= 4 is 40.1 Å². The van der Waals surface area contributed by atoms with E-state index in [-0.39, 0.29) is 17.5 Å². The van der Waals surface area contributed by atoms with Crippen LogP contribution in [0.5, 0.6) is 5.75 Å². The lowest BCUT2D eigenvalue weighted by atomic mass is 10.0. The fraction of sp³-hybridized carbons (Fsp3) is 0.391. The summed E-state index contributed by atoms with van der Waals surface area (Å²) in [5.74, 6) is 0.0708. The summed E-state index contributed by atoms with van der Waals surface area (Å²) in [6.07, 6.45) is -1.28. The molecule has 0 saturated carbocycles. The highest BCUT2D eigenvalue weighted by Crippen LogP contribution is 2.40. The van der Waals surface area contributed by atoms with Crippen LogP contribution in [0.3, 0.4) is 0 Å². The van der Waals surface area contributed by atoms with Gasteiger partial charge in [0.25, 0.3) is 0 Å². The highest BCUT2D eigenvalue weighted by Gasteiger charge is 2.43. The molecule has 3 unspecified atom stereocenters. The van der Waals surface area contributed by atoms with E-state index in [1.165, 1.54) is 11.8 Å². The second-order valence-corrected chi connectivity index (χ2v) is 8.96. The quantitative estimate of drug-likeness (QED) is 0.511. The Morgan fingerprint density at radius 3 is 2.66 bits per heavy atom. The van der Waals surface area contributed by atoms with Crippen LogP contribution >= 0.6 is 23.4 Å². The number of nitrogens with zero attached hydrogens (tertiary/aromatic N) is 2. The lowest BCUT2D eigenvalue weighted by Gasteiger charge is -2.20. The van der Waals surface area contributed by atoms with Crippen molar-refractivity contribution in [2.75, 3.05) is 24.7 Å². The van der Waals surface area contributed by atoms with Crippen LogP contribution < -0.4 is 9.64 Å². The van der Waals surface area contributed by atoms with Gasteiger partial charge < -0.3 is 20.1 Å². The van der Waals surface area contributed by atoms with E-state index in [0.717, 1.165) is 17.7 Å². The number of hydrogen-bond donors (Lipinski definition) is 3. The molecule has 1 amide bonds. The van der Waals surface area contributed by atoms with Crippen molar-refractivity contribution in [3.8, 4) is 5.75 Å². The Kier molecular flexibility index (Phi) is 8.56. The molecule has 1 heterocycles. The maximum absolute atomic E-state index is 13.4. The Bertz CT molecular complexity index is 987. The SMILES string of the molecule is CCCN=C1SC(C(O)c2ccc(OCC(O)CO)c(Cl)c2)C(=O)N1c1ccccc1C. The number of aryl methyl sites for hydroxylation is 1. The smallest absolute Gasteiger partial charge is 0.249 e. The van der Waals surface area contributed by atoms with Gasteiger partial charge in [-0.15, -0.1) is 0 Å². The maximum Gasteiger partial charge on any atom is 0.249 e. The maximum atomic E-state index is 13.4. The number of para-hydroxylation sites is 1. The van der Waals surface area contributed by atoms with Gasteiger partial charge in [-0.1, -0.05) is 54.6 Å².